The second-order valence-corrected chi connectivity index (χ2v) is 3.99. The summed E-state index contributed by atoms with van der Waals surface area (Å²) in [6.45, 7) is 4.02. The molecular formula is C14H13NO2. The highest BCUT2D eigenvalue weighted by atomic mass is 16.2. The number of carbonyl (C=O) groups excluding carboxylic acids is 2. The molecule has 2 rings (SSSR count). The lowest BCUT2D eigenvalue weighted by molar-refractivity contribution is 0.0658. The van der Waals surface area contributed by atoms with Crippen LogP contribution in [0.15, 0.2) is 18.2 Å². The summed E-state index contributed by atoms with van der Waals surface area (Å²) in [7, 11) is 0. The number of aryl methyl sites for hydroxylation is 1. The normalized spacial score (nSPS) is 13.4. The van der Waals surface area contributed by atoms with Crippen molar-refractivity contribution in [2.24, 2.45) is 0 Å². The zero-order valence-corrected chi connectivity index (χ0v) is 9.91. The third-order valence-electron chi connectivity index (χ3n) is 2.76. The lowest BCUT2D eigenvalue weighted by Crippen LogP contribution is -2.30. The van der Waals surface area contributed by atoms with Gasteiger partial charge in [-0.05, 0) is 26.0 Å². The van der Waals surface area contributed by atoms with Gasteiger partial charge in [0, 0.05) is 13.0 Å². The fourth-order valence-electron chi connectivity index (χ4n) is 1.90. The molecule has 3 heteroatoms. The zero-order chi connectivity index (χ0) is 12.4. The Balaban J connectivity index is 2.28. The van der Waals surface area contributed by atoms with E-state index in [0.717, 1.165) is 5.56 Å². The van der Waals surface area contributed by atoms with Crippen molar-refractivity contribution in [3.05, 3.63) is 34.9 Å². The van der Waals surface area contributed by atoms with Crippen LogP contribution in [0.2, 0.25) is 0 Å². The minimum atomic E-state index is -0.206. The van der Waals surface area contributed by atoms with Gasteiger partial charge < -0.3 is 0 Å². The van der Waals surface area contributed by atoms with E-state index in [1.165, 1.54) is 4.90 Å². The number of imide groups is 1. The molecule has 3 nitrogen and oxygen atoms in total. The van der Waals surface area contributed by atoms with Gasteiger partial charge in [-0.1, -0.05) is 11.6 Å². The number of nitrogens with zero attached hydrogens (tertiary/aromatic N) is 1. The van der Waals surface area contributed by atoms with Crippen molar-refractivity contribution >= 4 is 11.8 Å². The molecular weight excluding hydrogens is 214 g/mol. The first-order chi connectivity index (χ1) is 8.15. The van der Waals surface area contributed by atoms with Crippen LogP contribution in [-0.2, 0) is 0 Å². The summed E-state index contributed by atoms with van der Waals surface area (Å²) in [6.07, 6.45) is 0.529. The van der Waals surface area contributed by atoms with E-state index in [2.05, 4.69) is 11.8 Å². The Morgan fingerprint density at radius 3 is 2.59 bits per heavy atom. The molecule has 2 amide bonds. The maximum atomic E-state index is 12.0. The number of rotatable bonds is 2. The molecule has 1 aromatic rings. The largest absolute Gasteiger partial charge is 0.273 e. The van der Waals surface area contributed by atoms with Gasteiger partial charge >= 0.3 is 0 Å². The number of hydrogen-bond donors (Lipinski definition) is 0. The second-order valence-electron chi connectivity index (χ2n) is 3.99. The van der Waals surface area contributed by atoms with Gasteiger partial charge in [0.2, 0.25) is 0 Å². The molecule has 86 valence electrons. The number of carbonyl (C=O) groups is 2. The van der Waals surface area contributed by atoms with Crippen LogP contribution in [0.1, 0.15) is 39.6 Å². The van der Waals surface area contributed by atoms with Crippen LogP contribution in [0, 0.1) is 18.8 Å². The molecule has 0 saturated heterocycles. The van der Waals surface area contributed by atoms with Crippen molar-refractivity contribution < 1.29 is 9.59 Å². The Morgan fingerprint density at radius 1 is 1.18 bits per heavy atom. The first-order valence-electron chi connectivity index (χ1n) is 5.51. The molecule has 0 atom stereocenters. The highest BCUT2D eigenvalue weighted by Gasteiger charge is 2.34. The molecule has 0 unspecified atom stereocenters. The SMILES string of the molecule is CC#CCCN1C(=O)c2ccc(C)cc2C1=O. The van der Waals surface area contributed by atoms with Gasteiger partial charge in [0.1, 0.15) is 0 Å². The summed E-state index contributed by atoms with van der Waals surface area (Å²) in [5, 5.41) is 0. The Bertz CT molecular complexity index is 549. The standard InChI is InChI=1S/C14H13NO2/c1-3-4-5-8-15-13(16)11-7-6-10(2)9-12(11)14(15)17/h6-7,9H,5,8H2,1-2H3. The van der Waals surface area contributed by atoms with Gasteiger partial charge in [-0.3, -0.25) is 14.5 Å². The van der Waals surface area contributed by atoms with Gasteiger partial charge in [0.25, 0.3) is 11.8 Å². The van der Waals surface area contributed by atoms with E-state index in [9.17, 15) is 9.59 Å². The molecule has 1 aliphatic rings. The van der Waals surface area contributed by atoms with Crippen LogP contribution in [0.3, 0.4) is 0 Å². The summed E-state index contributed by atoms with van der Waals surface area (Å²) in [6, 6.07) is 5.33. The molecule has 0 N–H and O–H groups in total. The maximum Gasteiger partial charge on any atom is 0.261 e. The van der Waals surface area contributed by atoms with E-state index in [4.69, 9.17) is 0 Å². The molecule has 1 aliphatic heterocycles. The quantitative estimate of drug-likeness (QED) is 0.572. The van der Waals surface area contributed by atoms with E-state index in [1.807, 2.05) is 13.0 Å². The van der Waals surface area contributed by atoms with Crippen molar-refractivity contribution in [1.82, 2.24) is 4.90 Å². The van der Waals surface area contributed by atoms with Gasteiger partial charge in [-0.25, -0.2) is 0 Å². The molecule has 0 saturated carbocycles. The lowest BCUT2D eigenvalue weighted by atomic mass is 10.1. The number of hydrogen-bond acceptors (Lipinski definition) is 2. The molecule has 1 aromatic carbocycles. The third-order valence-corrected chi connectivity index (χ3v) is 2.76. The molecule has 0 spiro atoms. The second kappa shape index (κ2) is 4.42. The van der Waals surface area contributed by atoms with Crippen LogP contribution in [0.4, 0.5) is 0 Å². The first kappa shape index (κ1) is 11.4. The first-order valence-corrected chi connectivity index (χ1v) is 5.51. The van der Waals surface area contributed by atoms with Crippen molar-refractivity contribution in [3.8, 4) is 11.8 Å². The smallest absolute Gasteiger partial charge is 0.261 e. The molecule has 1 heterocycles. The zero-order valence-electron chi connectivity index (χ0n) is 9.91. The lowest BCUT2D eigenvalue weighted by Gasteiger charge is -2.10. The van der Waals surface area contributed by atoms with E-state index < -0.39 is 0 Å². The highest BCUT2D eigenvalue weighted by Crippen LogP contribution is 2.23. The third kappa shape index (κ3) is 1.94. The molecule has 0 aliphatic carbocycles. The van der Waals surface area contributed by atoms with Gasteiger partial charge in [-0.15, -0.1) is 11.8 Å². The van der Waals surface area contributed by atoms with Crippen LogP contribution in [-0.4, -0.2) is 23.3 Å². The number of fused-ring (bicyclic) bond motifs is 1. The molecule has 0 radical (unpaired) electrons. The molecule has 0 fully saturated rings. The number of benzene rings is 1. The predicted molar refractivity (Wildman–Crippen MR) is 64.6 cm³/mol. The minimum Gasteiger partial charge on any atom is -0.273 e. The topological polar surface area (TPSA) is 37.4 Å². The van der Waals surface area contributed by atoms with E-state index >= 15 is 0 Å². The van der Waals surface area contributed by atoms with Gasteiger partial charge in [-0.2, -0.15) is 0 Å². The molecule has 0 aromatic heterocycles. The van der Waals surface area contributed by atoms with Gasteiger partial charge in [0.15, 0.2) is 0 Å². The van der Waals surface area contributed by atoms with Crippen LogP contribution >= 0.6 is 0 Å². The van der Waals surface area contributed by atoms with Crippen LogP contribution < -0.4 is 0 Å². The summed E-state index contributed by atoms with van der Waals surface area (Å²) in [5.41, 5.74) is 2.00. The summed E-state index contributed by atoms with van der Waals surface area (Å²) in [4.78, 5) is 25.3. The monoisotopic (exact) mass is 227 g/mol. The fraction of sp³-hybridized carbons (Fsp3) is 0.286. The Hall–Kier alpha value is -2.08. The van der Waals surface area contributed by atoms with E-state index in [-0.39, 0.29) is 11.8 Å². The number of amides is 2. The summed E-state index contributed by atoms with van der Waals surface area (Å²) in [5.74, 6) is 5.20. The fourth-order valence-corrected chi connectivity index (χ4v) is 1.90. The highest BCUT2D eigenvalue weighted by molar-refractivity contribution is 6.21. The van der Waals surface area contributed by atoms with Crippen LogP contribution in [0.5, 0.6) is 0 Å². The van der Waals surface area contributed by atoms with Crippen LogP contribution in [0.25, 0.3) is 0 Å². The summed E-state index contributed by atoms with van der Waals surface area (Å²) >= 11 is 0. The molecule has 17 heavy (non-hydrogen) atoms. The van der Waals surface area contributed by atoms with Crippen molar-refractivity contribution in [2.45, 2.75) is 20.3 Å². The van der Waals surface area contributed by atoms with Crippen molar-refractivity contribution in [2.75, 3.05) is 6.54 Å². The average molecular weight is 227 g/mol. The minimum absolute atomic E-state index is 0.202. The Labute approximate surface area is 100 Å². The Kier molecular flexibility index (Phi) is 2.97. The predicted octanol–water partition coefficient (Wildman–Crippen LogP) is 2.00. The van der Waals surface area contributed by atoms with E-state index in [1.54, 1.807) is 19.1 Å². The van der Waals surface area contributed by atoms with Crippen molar-refractivity contribution in [1.29, 1.82) is 0 Å². The summed E-state index contributed by atoms with van der Waals surface area (Å²) < 4.78 is 0. The molecule has 0 bridgehead atoms. The Morgan fingerprint density at radius 2 is 1.88 bits per heavy atom. The van der Waals surface area contributed by atoms with E-state index in [0.29, 0.717) is 24.1 Å². The van der Waals surface area contributed by atoms with Crippen molar-refractivity contribution in [3.63, 3.8) is 0 Å². The van der Waals surface area contributed by atoms with Gasteiger partial charge in [0.05, 0.1) is 11.1 Å². The average Bonchev–Trinajstić information content (AvgIpc) is 2.54. The maximum absolute atomic E-state index is 12.0.